The summed E-state index contributed by atoms with van der Waals surface area (Å²) in [5.41, 5.74) is 2.19. The second-order valence-corrected chi connectivity index (χ2v) is 5.97. The maximum Gasteiger partial charge on any atom is 0.129 e. The van der Waals surface area contributed by atoms with E-state index in [1.807, 2.05) is 42.5 Å². The van der Waals surface area contributed by atoms with Crippen molar-refractivity contribution in [3.8, 4) is 12.1 Å². The Hall–Kier alpha value is -2.23. The third-order valence-electron chi connectivity index (χ3n) is 3.91. The molecular formula is C18H18ClN3. The second kappa shape index (κ2) is 7.69. The molecule has 4 heteroatoms. The number of hydrogen-bond acceptors (Lipinski definition) is 3. The Morgan fingerprint density at radius 2 is 1.73 bits per heavy atom. The fourth-order valence-electron chi connectivity index (χ4n) is 2.52. The molecule has 1 fully saturated rings. The van der Waals surface area contributed by atoms with E-state index in [-0.39, 0.29) is 5.57 Å². The first-order valence-electron chi connectivity index (χ1n) is 7.37. The summed E-state index contributed by atoms with van der Waals surface area (Å²) in [7, 11) is 0. The molecular weight excluding hydrogens is 294 g/mol. The van der Waals surface area contributed by atoms with Crippen LogP contribution in [0.3, 0.4) is 0 Å². The van der Waals surface area contributed by atoms with E-state index in [0.29, 0.717) is 5.02 Å². The van der Waals surface area contributed by atoms with Crippen molar-refractivity contribution in [3.05, 3.63) is 52.6 Å². The third kappa shape index (κ3) is 4.13. The Labute approximate surface area is 136 Å². The molecule has 22 heavy (non-hydrogen) atoms. The lowest BCUT2D eigenvalue weighted by molar-refractivity contribution is 0.268. The van der Waals surface area contributed by atoms with E-state index < -0.39 is 0 Å². The van der Waals surface area contributed by atoms with E-state index >= 15 is 0 Å². The van der Waals surface area contributed by atoms with Crippen LogP contribution in [0.25, 0.3) is 5.70 Å². The van der Waals surface area contributed by atoms with E-state index in [2.05, 4.69) is 11.8 Å². The number of benzene rings is 1. The maximum absolute atomic E-state index is 8.89. The molecule has 0 saturated carbocycles. The summed E-state index contributed by atoms with van der Waals surface area (Å²) in [5, 5.41) is 18.5. The highest BCUT2D eigenvalue weighted by Gasteiger charge is 2.18. The molecule has 1 saturated heterocycles. The number of likely N-dealkylation sites (tertiary alicyclic amines) is 1. The number of allylic oxidation sites excluding steroid dienone is 3. The Morgan fingerprint density at radius 1 is 1.14 bits per heavy atom. The van der Waals surface area contributed by atoms with E-state index in [4.69, 9.17) is 22.1 Å². The van der Waals surface area contributed by atoms with Crippen molar-refractivity contribution < 1.29 is 0 Å². The van der Waals surface area contributed by atoms with Crippen LogP contribution in [0.1, 0.15) is 25.3 Å². The summed E-state index contributed by atoms with van der Waals surface area (Å²) in [5.74, 6) is 0.743. The fourth-order valence-corrected chi connectivity index (χ4v) is 2.64. The quantitative estimate of drug-likeness (QED) is 0.614. The van der Waals surface area contributed by atoms with Gasteiger partial charge in [0, 0.05) is 23.8 Å². The van der Waals surface area contributed by atoms with Gasteiger partial charge in [0.25, 0.3) is 0 Å². The van der Waals surface area contributed by atoms with E-state index in [1.54, 1.807) is 6.08 Å². The summed E-state index contributed by atoms with van der Waals surface area (Å²) >= 11 is 5.96. The van der Waals surface area contributed by atoms with Crippen LogP contribution < -0.4 is 0 Å². The van der Waals surface area contributed by atoms with Crippen molar-refractivity contribution in [1.82, 2.24) is 4.90 Å². The number of halogens is 1. The number of hydrogen-bond donors (Lipinski definition) is 0. The summed E-state index contributed by atoms with van der Waals surface area (Å²) in [6.45, 7) is 4.24. The van der Waals surface area contributed by atoms with Gasteiger partial charge in [-0.2, -0.15) is 10.5 Å². The molecule has 1 aromatic carbocycles. The molecule has 0 unspecified atom stereocenters. The van der Waals surface area contributed by atoms with Gasteiger partial charge in [0.2, 0.25) is 0 Å². The van der Waals surface area contributed by atoms with Crippen LogP contribution in [0, 0.1) is 28.6 Å². The molecule has 0 amide bonds. The standard InChI is InChI=1S/C18H18ClN3/c1-14-8-10-22(11-9-14)18(7-2-15(12-20)13-21)16-3-5-17(19)6-4-16/h2-7,14H,8-11H2,1H3/b18-7-. The minimum Gasteiger partial charge on any atom is -0.371 e. The van der Waals surface area contributed by atoms with Gasteiger partial charge >= 0.3 is 0 Å². The van der Waals surface area contributed by atoms with Crippen LogP contribution in [0.5, 0.6) is 0 Å². The lowest BCUT2D eigenvalue weighted by Gasteiger charge is -2.34. The highest BCUT2D eigenvalue weighted by atomic mass is 35.5. The molecule has 1 aliphatic heterocycles. The summed E-state index contributed by atoms with van der Waals surface area (Å²) in [4.78, 5) is 2.31. The van der Waals surface area contributed by atoms with Gasteiger partial charge in [-0.3, -0.25) is 0 Å². The van der Waals surface area contributed by atoms with Gasteiger partial charge in [-0.1, -0.05) is 30.7 Å². The van der Waals surface area contributed by atoms with Crippen LogP contribution >= 0.6 is 11.6 Å². The molecule has 1 aromatic rings. The van der Waals surface area contributed by atoms with Crippen LogP contribution in [-0.2, 0) is 0 Å². The fraction of sp³-hybridized carbons (Fsp3) is 0.333. The zero-order valence-electron chi connectivity index (χ0n) is 12.6. The van der Waals surface area contributed by atoms with Gasteiger partial charge in [-0.25, -0.2) is 0 Å². The van der Waals surface area contributed by atoms with Gasteiger partial charge < -0.3 is 4.90 Å². The molecule has 112 valence electrons. The lowest BCUT2D eigenvalue weighted by Crippen LogP contribution is -2.31. The maximum atomic E-state index is 8.89. The van der Waals surface area contributed by atoms with Crippen LogP contribution in [0.15, 0.2) is 42.0 Å². The van der Waals surface area contributed by atoms with Gasteiger partial charge in [-0.15, -0.1) is 0 Å². The average Bonchev–Trinajstić information content (AvgIpc) is 2.54. The predicted octanol–water partition coefficient (Wildman–Crippen LogP) is 4.39. The summed E-state index contributed by atoms with van der Waals surface area (Å²) in [6, 6.07) is 11.4. The van der Waals surface area contributed by atoms with Gasteiger partial charge in [0.1, 0.15) is 17.7 Å². The Bertz CT molecular complexity index is 635. The second-order valence-electron chi connectivity index (χ2n) is 5.53. The molecule has 0 aromatic heterocycles. The van der Waals surface area contributed by atoms with E-state index in [0.717, 1.165) is 43.1 Å². The molecule has 2 rings (SSSR count). The molecule has 0 radical (unpaired) electrons. The van der Waals surface area contributed by atoms with E-state index in [1.165, 1.54) is 0 Å². The van der Waals surface area contributed by atoms with E-state index in [9.17, 15) is 0 Å². The largest absolute Gasteiger partial charge is 0.371 e. The van der Waals surface area contributed by atoms with Crippen molar-refractivity contribution in [3.63, 3.8) is 0 Å². The van der Waals surface area contributed by atoms with Crippen molar-refractivity contribution >= 4 is 17.3 Å². The Morgan fingerprint density at radius 3 is 2.27 bits per heavy atom. The van der Waals surface area contributed by atoms with Crippen molar-refractivity contribution in [2.45, 2.75) is 19.8 Å². The Balaban J connectivity index is 2.35. The summed E-state index contributed by atoms with van der Waals surface area (Å²) < 4.78 is 0. The lowest BCUT2D eigenvalue weighted by atomic mass is 9.97. The molecule has 0 atom stereocenters. The average molecular weight is 312 g/mol. The number of rotatable bonds is 3. The molecule has 0 spiro atoms. The zero-order chi connectivity index (χ0) is 15.9. The first kappa shape index (κ1) is 16.1. The van der Waals surface area contributed by atoms with Crippen molar-refractivity contribution in [2.24, 2.45) is 5.92 Å². The van der Waals surface area contributed by atoms with Crippen molar-refractivity contribution in [2.75, 3.05) is 13.1 Å². The Kier molecular flexibility index (Phi) is 5.64. The number of nitriles is 2. The monoisotopic (exact) mass is 311 g/mol. The van der Waals surface area contributed by atoms with Gasteiger partial charge in [0.05, 0.1) is 0 Å². The molecule has 1 heterocycles. The highest BCUT2D eigenvalue weighted by molar-refractivity contribution is 6.30. The van der Waals surface area contributed by atoms with Crippen LogP contribution in [0.2, 0.25) is 5.02 Å². The van der Waals surface area contributed by atoms with Crippen molar-refractivity contribution in [1.29, 1.82) is 10.5 Å². The number of nitrogens with zero attached hydrogens (tertiary/aromatic N) is 3. The SMILES string of the molecule is CC1CCN(/C(=C\C=C(C#N)C#N)c2ccc(Cl)cc2)CC1. The normalized spacial score (nSPS) is 15.8. The predicted molar refractivity (Wildman–Crippen MR) is 88.7 cm³/mol. The highest BCUT2D eigenvalue weighted by Crippen LogP contribution is 2.27. The molecule has 0 aliphatic carbocycles. The zero-order valence-corrected chi connectivity index (χ0v) is 13.3. The molecule has 0 bridgehead atoms. The van der Waals surface area contributed by atoms with Gasteiger partial charge in [-0.05, 0) is 48.6 Å². The smallest absolute Gasteiger partial charge is 0.129 e. The topological polar surface area (TPSA) is 50.8 Å². The minimum atomic E-state index is 0.108. The molecule has 0 N–H and O–H groups in total. The molecule has 1 aliphatic rings. The minimum absolute atomic E-state index is 0.108. The third-order valence-corrected chi connectivity index (χ3v) is 4.17. The van der Waals surface area contributed by atoms with Crippen LogP contribution in [-0.4, -0.2) is 18.0 Å². The van der Waals surface area contributed by atoms with Gasteiger partial charge in [0.15, 0.2) is 0 Å². The first-order valence-corrected chi connectivity index (χ1v) is 7.75. The number of piperidine rings is 1. The molecule has 3 nitrogen and oxygen atoms in total. The first-order chi connectivity index (χ1) is 10.6. The van der Waals surface area contributed by atoms with Crippen LogP contribution in [0.4, 0.5) is 0 Å². The summed E-state index contributed by atoms with van der Waals surface area (Å²) in [6.07, 6.45) is 5.75.